The summed E-state index contributed by atoms with van der Waals surface area (Å²) in [5, 5.41) is 4.34. The maximum Gasteiger partial charge on any atom is 0.164 e. The first-order chi connectivity index (χ1) is 23.8. The molecule has 9 aromatic rings. The van der Waals surface area contributed by atoms with Gasteiger partial charge in [0.1, 0.15) is 12.7 Å². The molecule has 4 aromatic heterocycles. The third-order valence-electron chi connectivity index (χ3n) is 8.98. The van der Waals surface area contributed by atoms with Gasteiger partial charge in [-0.2, -0.15) is 0 Å². The normalized spacial score (nSPS) is 11.8. The molecule has 222 valence electrons. The van der Waals surface area contributed by atoms with Gasteiger partial charge in [-0.25, -0.2) is 29.9 Å². The lowest BCUT2D eigenvalue weighted by atomic mass is 9.98. The van der Waals surface area contributed by atoms with E-state index in [1.54, 1.807) is 12.7 Å². The Morgan fingerprint density at radius 3 is 1.62 bits per heavy atom. The summed E-state index contributed by atoms with van der Waals surface area (Å²) in [6.45, 7) is 0. The van der Waals surface area contributed by atoms with Crippen molar-refractivity contribution in [1.82, 2.24) is 39.9 Å². The predicted molar refractivity (Wildman–Crippen MR) is 187 cm³/mol. The van der Waals surface area contributed by atoms with Crippen LogP contribution < -0.4 is 0 Å². The summed E-state index contributed by atoms with van der Waals surface area (Å²) in [5.74, 6) is 2.41. The maximum absolute atomic E-state index is 4.91. The van der Waals surface area contributed by atoms with Crippen molar-refractivity contribution in [3.8, 4) is 67.8 Å². The van der Waals surface area contributed by atoms with Gasteiger partial charge in [0.05, 0.1) is 11.0 Å². The molecule has 0 amide bonds. The van der Waals surface area contributed by atoms with Crippen molar-refractivity contribution in [2.45, 2.75) is 0 Å². The Kier molecular flexibility index (Phi) is 5.71. The molecule has 1 aliphatic carbocycles. The van der Waals surface area contributed by atoms with Gasteiger partial charge >= 0.3 is 0 Å². The van der Waals surface area contributed by atoms with Crippen LogP contribution in [-0.4, -0.2) is 39.9 Å². The Morgan fingerprint density at radius 2 is 0.917 bits per heavy atom. The third kappa shape index (κ3) is 4.16. The Balaban J connectivity index is 1.04. The van der Waals surface area contributed by atoms with Crippen molar-refractivity contribution in [2.75, 3.05) is 0 Å². The molecular formula is C40H22N8. The van der Waals surface area contributed by atoms with Crippen LogP contribution in [0.1, 0.15) is 0 Å². The Hall–Kier alpha value is -6.80. The quantitative estimate of drug-likeness (QED) is 0.194. The fraction of sp³-hybridized carbons (Fsp3) is 0. The van der Waals surface area contributed by atoms with E-state index in [1.807, 2.05) is 60.9 Å². The van der Waals surface area contributed by atoms with Gasteiger partial charge < -0.3 is 0 Å². The van der Waals surface area contributed by atoms with Gasteiger partial charge in [-0.3, -0.25) is 9.97 Å². The summed E-state index contributed by atoms with van der Waals surface area (Å²) in [4.78, 5) is 37.1. The molecule has 8 heteroatoms. The van der Waals surface area contributed by atoms with Crippen LogP contribution in [0, 0.1) is 0 Å². The number of hydrogen-bond acceptors (Lipinski definition) is 8. The lowest BCUT2D eigenvalue weighted by molar-refractivity contribution is 1.06. The van der Waals surface area contributed by atoms with Crippen LogP contribution in [0.2, 0.25) is 0 Å². The molecule has 0 bridgehead atoms. The summed E-state index contributed by atoms with van der Waals surface area (Å²) < 4.78 is 0. The second-order valence-corrected chi connectivity index (χ2v) is 11.7. The average Bonchev–Trinajstić information content (AvgIpc) is 3.49. The lowest BCUT2D eigenvalue weighted by Crippen LogP contribution is -1.96. The molecule has 8 nitrogen and oxygen atoms in total. The van der Waals surface area contributed by atoms with Crippen molar-refractivity contribution in [1.29, 1.82) is 0 Å². The minimum atomic E-state index is 0.588. The molecule has 0 aliphatic heterocycles. The van der Waals surface area contributed by atoms with Crippen molar-refractivity contribution in [3.05, 3.63) is 134 Å². The number of pyridine rings is 2. The zero-order chi connectivity index (χ0) is 31.6. The van der Waals surface area contributed by atoms with Gasteiger partial charge in [0.2, 0.25) is 0 Å². The monoisotopic (exact) mass is 614 g/mol. The van der Waals surface area contributed by atoms with Crippen LogP contribution in [0.15, 0.2) is 134 Å². The van der Waals surface area contributed by atoms with E-state index in [2.05, 4.69) is 90.6 Å². The topological polar surface area (TPSA) is 103 Å². The number of rotatable bonds is 4. The Labute approximate surface area is 274 Å². The second-order valence-electron chi connectivity index (χ2n) is 11.7. The molecule has 10 rings (SSSR count). The van der Waals surface area contributed by atoms with E-state index < -0.39 is 0 Å². The number of nitrogens with zero attached hydrogens (tertiary/aromatic N) is 8. The first-order valence-corrected chi connectivity index (χ1v) is 15.6. The van der Waals surface area contributed by atoms with E-state index in [1.165, 1.54) is 16.5 Å². The summed E-state index contributed by atoms with van der Waals surface area (Å²) in [7, 11) is 0. The fourth-order valence-corrected chi connectivity index (χ4v) is 6.72. The lowest BCUT2D eigenvalue weighted by Gasteiger charge is -2.09. The molecule has 0 atom stereocenters. The predicted octanol–water partition coefficient (Wildman–Crippen LogP) is 8.62. The van der Waals surface area contributed by atoms with E-state index in [-0.39, 0.29) is 0 Å². The molecule has 0 N–H and O–H groups in total. The van der Waals surface area contributed by atoms with Crippen molar-refractivity contribution < 1.29 is 0 Å². The van der Waals surface area contributed by atoms with Crippen LogP contribution in [0.25, 0.3) is 100 Å². The molecule has 0 saturated heterocycles. The van der Waals surface area contributed by atoms with Gasteiger partial charge in [-0.05, 0) is 69.4 Å². The van der Waals surface area contributed by atoms with E-state index in [0.717, 1.165) is 60.6 Å². The molecule has 5 aromatic carbocycles. The number of hydrogen-bond donors (Lipinski definition) is 0. The highest BCUT2D eigenvalue weighted by atomic mass is 15.0. The highest BCUT2D eigenvalue weighted by Crippen LogP contribution is 2.49. The van der Waals surface area contributed by atoms with Crippen molar-refractivity contribution in [2.24, 2.45) is 0 Å². The maximum atomic E-state index is 4.91. The zero-order valence-corrected chi connectivity index (χ0v) is 25.3. The van der Waals surface area contributed by atoms with E-state index in [4.69, 9.17) is 9.97 Å². The summed E-state index contributed by atoms with van der Waals surface area (Å²) in [5.41, 5.74) is 10.1. The van der Waals surface area contributed by atoms with Gasteiger partial charge in [0.25, 0.3) is 0 Å². The van der Waals surface area contributed by atoms with Crippen LogP contribution >= 0.6 is 0 Å². The first kappa shape index (κ1) is 26.4. The molecule has 0 fully saturated rings. The summed E-state index contributed by atoms with van der Waals surface area (Å²) in [6, 6.07) is 37.3. The molecule has 0 saturated carbocycles. The second kappa shape index (κ2) is 10.4. The van der Waals surface area contributed by atoms with Crippen LogP contribution in [0.3, 0.4) is 0 Å². The number of para-hydroxylation sites is 2. The van der Waals surface area contributed by atoms with Gasteiger partial charge in [-0.15, -0.1) is 0 Å². The molecule has 48 heavy (non-hydrogen) atoms. The number of fused-ring (bicyclic) bond motifs is 5. The zero-order valence-electron chi connectivity index (χ0n) is 25.3. The SMILES string of the molecule is c1ccc2ncc(-c3ncnc(-c4ccc5c(c4)-c4ccc(-c6ncnc(-c7cnc8ccccc8c7)n6)c6cccc-5c46)n3)cc2c1. The smallest absolute Gasteiger partial charge is 0.164 e. The molecule has 0 spiro atoms. The van der Waals surface area contributed by atoms with Crippen LogP contribution in [-0.2, 0) is 0 Å². The first-order valence-electron chi connectivity index (χ1n) is 15.6. The van der Waals surface area contributed by atoms with Crippen molar-refractivity contribution >= 4 is 32.6 Å². The third-order valence-corrected chi connectivity index (χ3v) is 8.98. The molecule has 4 heterocycles. The summed E-state index contributed by atoms with van der Waals surface area (Å²) >= 11 is 0. The summed E-state index contributed by atoms with van der Waals surface area (Å²) in [6.07, 6.45) is 6.78. The van der Waals surface area contributed by atoms with E-state index >= 15 is 0 Å². The highest BCUT2D eigenvalue weighted by Gasteiger charge is 2.24. The molecule has 1 aliphatic rings. The van der Waals surface area contributed by atoms with Gasteiger partial charge in [-0.1, -0.05) is 72.8 Å². The molecule has 0 radical (unpaired) electrons. The van der Waals surface area contributed by atoms with Crippen LogP contribution in [0.4, 0.5) is 0 Å². The minimum Gasteiger partial charge on any atom is -0.255 e. The fourth-order valence-electron chi connectivity index (χ4n) is 6.72. The van der Waals surface area contributed by atoms with Gasteiger partial charge in [0, 0.05) is 45.4 Å². The minimum absolute atomic E-state index is 0.588. The average molecular weight is 615 g/mol. The number of benzene rings is 5. The van der Waals surface area contributed by atoms with Crippen molar-refractivity contribution in [3.63, 3.8) is 0 Å². The molecular weight excluding hydrogens is 592 g/mol. The van der Waals surface area contributed by atoms with Crippen LogP contribution in [0.5, 0.6) is 0 Å². The largest absolute Gasteiger partial charge is 0.255 e. The Bertz CT molecular complexity index is 2760. The standard InChI is InChI=1S/C40H22N8/c1-3-10-34-23(6-1)16-26(19-41-34)38-44-21-43-37(47-38)25-12-13-28-29-8-5-9-30-32(15-14-31(36(29)30)33(28)18-25)40-46-22-45-39(48-40)27-17-24-7-2-4-11-35(24)42-20-27/h1-22H. The van der Waals surface area contributed by atoms with E-state index in [9.17, 15) is 0 Å². The highest BCUT2D eigenvalue weighted by molar-refractivity contribution is 6.18. The molecule has 0 unspecified atom stereocenters. The Morgan fingerprint density at radius 1 is 0.354 bits per heavy atom. The number of aromatic nitrogens is 8. The van der Waals surface area contributed by atoms with E-state index in [0.29, 0.717) is 23.3 Å². The van der Waals surface area contributed by atoms with Gasteiger partial charge in [0.15, 0.2) is 23.3 Å².